The Morgan fingerprint density at radius 2 is 2.16 bits per heavy atom. The Bertz CT molecular complexity index is 530. The van der Waals surface area contributed by atoms with Crippen molar-refractivity contribution in [3.8, 4) is 0 Å². The van der Waals surface area contributed by atoms with Crippen molar-refractivity contribution < 1.29 is 8.42 Å². The van der Waals surface area contributed by atoms with Crippen LogP contribution < -0.4 is 15.4 Å². The van der Waals surface area contributed by atoms with Crippen molar-refractivity contribution in [1.29, 1.82) is 0 Å². The van der Waals surface area contributed by atoms with Gasteiger partial charge in [0.2, 0.25) is 10.0 Å². The van der Waals surface area contributed by atoms with Gasteiger partial charge in [-0.05, 0) is 24.6 Å². The molecule has 6 heteroatoms. The fraction of sp³-hybridized carbons (Fsp3) is 0.538. The summed E-state index contributed by atoms with van der Waals surface area (Å²) in [5.74, 6) is -0.00674. The Hall–Kier alpha value is -1.11. The van der Waals surface area contributed by atoms with E-state index in [4.69, 9.17) is 5.14 Å². The topological polar surface area (TPSA) is 75.4 Å². The zero-order valence-corrected chi connectivity index (χ0v) is 12.0. The van der Waals surface area contributed by atoms with E-state index in [-0.39, 0.29) is 5.75 Å². The molecule has 5 nitrogen and oxygen atoms in total. The first kappa shape index (κ1) is 14.3. The van der Waals surface area contributed by atoms with Crippen molar-refractivity contribution in [2.24, 2.45) is 5.14 Å². The Morgan fingerprint density at radius 1 is 1.42 bits per heavy atom. The molecule has 2 rings (SSSR count). The molecular weight excluding hydrogens is 262 g/mol. The molecule has 19 heavy (non-hydrogen) atoms. The van der Waals surface area contributed by atoms with Gasteiger partial charge in [-0.15, -0.1) is 0 Å². The van der Waals surface area contributed by atoms with Crippen LogP contribution in [0, 0.1) is 0 Å². The maximum Gasteiger partial charge on any atom is 0.210 e. The lowest BCUT2D eigenvalue weighted by atomic mass is 9.96. The molecule has 3 N–H and O–H groups in total. The van der Waals surface area contributed by atoms with Gasteiger partial charge in [-0.1, -0.05) is 25.1 Å². The fourth-order valence-corrected chi connectivity index (χ4v) is 3.03. The lowest BCUT2D eigenvalue weighted by Crippen LogP contribution is -2.39. The van der Waals surface area contributed by atoms with Crippen LogP contribution in [0.1, 0.15) is 24.9 Å². The Morgan fingerprint density at radius 3 is 2.84 bits per heavy atom. The highest BCUT2D eigenvalue weighted by Gasteiger charge is 2.24. The van der Waals surface area contributed by atoms with Crippen LogP contribution in [0.25, 0.3) is 0 Å². The Balaban J connectivity index is 2.18. The first-order chi connectivity index (χ1) is 9.01. The van der Waals surface area contributed by atoms with Crippen LogP contribution in [-0.2, 0) is 10.0 Å². The van der Waals surface area contributed by atoms with Gasteiger partial charge >= 0.3 is 0 Å². The lowest BCUT2D eigenvalue weighted by Gasteiger charge is -2.36. The maximum atomic E-state index is 11.1. The van der Waals surface area contributed by atoms with E-state index in [1.165, 1.54) is 5.56 Å². The van der Waals surface area contributed by atoms with E-state index < -0.39 is 10.0 Å². The van der Waals surface area contributed by atoms with E-state index in [1.54, 1.807) is 0 Å². The number of hydrogen-bond acceptors (Lipinski definition) is 4. The van der Waals surface area contributed by atoms with Crippen LogP contribution in [0.4, 0.5) is 5.69 Å². The molecule has 0 spiro atoms. The molecule has 1 aromatic carbocycles. The van der Waals surface area contributed by atoms with E-state index in [0.717, 1.165) is 25.2 Å². The summed E-state index contributed by atoms with van der Waals surface area (Å²) < 4.78 is 22.2. The predicted octanol–water partition coefficient (Wildman–Crippen LogP) is 0.836. The summed E-state index contributed by atoms with van der Waals surface area (Å²) in [6.07, 6.45) is 0.982. The number of nitrogens with zero attached hydrogens (tertiary/aromatic N) is 1. The second-order valence-corrected chi connectivity index (χ2v) is 6.55. The van der Waals surface area contributed by atoms with Crippen molar-refractivity contribution in [1.82, 2.24) is 5.32 Å². The molecule has 0 saturated heterocycles. The minimum atomic E-state index is -3.41. The number of nitrogens with one attached hydrogen (secondary N) is 1. The Labute approximate surface area is 114 Å². The summed E-state index contributed by atoms with van der Waals surface area (Å²) >= 11 is 0. The molecule has 1 aliphatic heterocycles. The molecule has 1 heterocycles. The molecule has 0 bridgehead atoms. The largest absolute Gasteiger partial charge is 0.370 e. The molecule has 106 valence electrons. The van der Waals surface area contributed by atoms with E-state index in [9.17, 15) is 8.42 Å². The molecule has 0 amide bonds. The minimum absolute atomic E-state index is 0.00674. The third-order valence-electron chi connectivity index (χ3n) is 3.44. The zero-order valence-electron chi connectivity index (χ0n) is 11.2. The van der Waals surface area contributed by atoms with Crippen molar-refractivity contribution in [3.63, 3.8) is 0 Å². The highest BCUT2D eigenvalue weighted by Crippen LogP contribution is 2.33. The summed E-state index contributed by atoms with van der Waals surface area (Å²) in [5.41, 5.74) is 2.35. The average molecular weight is 283 g/mol. The first-order valence-electron chi connectivity index (χ1n) is 6.59. The first-order valence-corrected chi connectivity index (χ1v) is 8.30. The molecule has 0 fully saturated rings. The number of primary sulfonamides is 1. The van der Waals surface area contributed by atoms with Gasteiger partial charge in [-0.2, -0.15) is 0 Å². The second kappa shape index (κ2) is 5.90. The molecule has 0 saturated carbocycles. The number of rotatable bonds is 5. The fourth-order valence-electron chi connectivity index (χ4n) is 2.56. The van der Waals surface area contributed by atoms with Crippen LogP contribution in [0.2, 0.25) is 0 Å². The standard InChI is InChI=1S/C13H21N3O2S/c1-2-15-12-7-8-16(9-10-19(14,17)18)13-6-4-3-5-11(12)13/h3-6,12,15H,2,7-10H2,1H3,(H2,14,17,18). The van der Waals surface area contributed by atoms with Crippen LogP contribution in [-0.4, -0.2) is 33.8 Å². The Kier molecular flexibility index (Phi) is 4.44. The van der Waals surface area contributed by atoms with Gasteiger partial charge in [0, 0.05) is 24.8 Å². The van der Waals surface area contributed by atoms with Gasteiger partial charge in [0.25, 0.3) is 0 Å². The van der Waals surface area contributed by atoms with Crippen LogP contribution in [0.5, 0.6) is 0 Å². The summed E-state index contributed by atoms with van der Waals surface area (Å²) in [7, 11) is -3.41. The number of fused-ring (bicyclic) bond motifs is 1. The summed E-state index contributed by atoms with van der Waals surface area (Å²) in [4.78, 5) is 2.10. The molecule has 0 radical (unpaired) electrons. The van der Waals surface area contributed by atoms with Crippen molar-refractivity contribution in [3.05, 3.63) is 29.8 Å². The van der Waals surface area contributed by atoms with Crippen molar-refractivity contribution in [2.45, 2.75) is 19.4 Å². The van der Waals surface area contributed by atoms with Gasteiger partial charge in [-0.25, -0.2) is 13.6 Å². The summed E-state index contributed by atoms with van der Waals surface area (Å²) in [6.45, 7) is 4.32. The zero-order chi connectivity index (χ0) is 13.9. The van der Waals surface area contributed by atoms with Gasteiger partial charge in [0.1, 0.15) is 0 Å². The minimum Gasteiger partial charge on any atom is -0.370 e. The SMILES string of the molecule is CCNC1CCN(CCS(N)(=O)=O)c2ccccc21. The predicted molar refractivity (Wildman–Crippen MR) is 77.7 cm³/mol. The molecular formula is C13H21N3O2S. The third-order valence-corrected chi connectivity index (χ3v) is 4.19. The quantitative estimate of drug-likeness (QED) is 0.839. The third kappa shape index (κ3) is 3.68. The van der Waals surface area contributed by atoms with Crippen LogP contribution in [0.15, 0.2) is 24.3 Å². The number of hydrogen-bond donors (Lipinski definition) is 2. The molecule has 1 aromatic rings. The average Bonchev–Trinajstić information content (AvgIpc) is 2.37. The number of anilines is 1. The van der Waals surface area contributed by atoms with Crippen LogP contribution in [0.3, 0.4) is 0 Å². The monoisotopic (exact) mass is 283 g/mol. The highest BCUT2D eigenvalue weighted by atomic mass is 32.2. The van der Waals surface area contributed by atoms with Crippen molar-refractivity contribution >= 4 is 15.7 Å². The van der Waals surface area contributed by atoms with Gasteiger partial charge < -0.3 is 10.2 Å². The summed E-state index contributed by atoms with van der Waals surface area (Å²) in [5, 5.41) is 8.54. The van der Waals surface area contributed by atoms with Crippen LogP contribution >= 0.6 is 0 Å². The lowest BCUT2D eigenvalue weighted by molar-refractivity contribution is 0.492. The smallest absolute Gasteiger partial charge is 0.210 e. The number of sulfonamides is 1. The van der Waals surface area contributed by atoms with E-state index >= 15 is 0 Å². The van der Waals surface area contributed by atoms with E-state index in [2.05, 4.69) is 23.2 Å². The number of benzene rings is 1. The second-order valence-electron chi connectivity index (χ2n) is 4.81. The van der Waals surface area contributed by atoms with Crippen molar-refractivity contribution in [2.75, 3.05) is 30.3 Å². The highest BCUT2D eigenvalue weighted by molar-refractivity contribution is 7.89. The molecule has 1 atom stereocenters. The maximum absolute atomic E-state index is 11.1. The number of para-hydroxylation sites is 1. The van der Waals surface area contributed by atoms with E-state index in [0.29, 0.717) is 12.6 Å². The molecule has 1 aliphatic rings. The van der Waals surface area contributed by atoms with E-state index in [1.807, 2.05) is 18.2 Å². The normalized spacial score (nSPS) is 19.3. The molecule has 0 aromatic heterocycles. The molecule has 0 aliphatic carbocycles. The molecule has 1 unspecified atom stereocenters. The number of nitrogens with two attached hydrogens (primary N) is 1. The summed E-state index contributed by atoms with van der Waals surface area (Å²) in [6, 6.07) is 8.50. The van der Waals surface area contributed by atoms with Gasteiger partial charge in [-0.3, -0.25) is 0 Å². The van der Waals surface area contributed by atoms with Gasteiger partial charge in [0.15, 0.2) is 0 Å². The van der Waals surface area contributed by atoms with Gasteiger partial charge in [0.05, 0.1) is 5.75 Å².